The van der Waals surface area contributed by atoms with Crippen LogP contribution in [-0.2, 0) is 0 Å². The molecule has 6 rings (SSSR count). The van der Waals surface area contributed by atoms with Crippen LogP contribution >= 0.6 is 23.2 Å². The normalized spacial score (nSPS) is 12.1. The maximum Gasteiger partial charge on any atom is 0.322 e. The van der Waals surface area contributed by atoms with Crippen molar-refractivity contribution in [1.82, 2.24) is 29.7 Å². The number of benzene rings is 3. The summed E-state index contributed by atoms with van der Waals surface area (Å²) in [7, 11) is 3.41. The van der Waals surface area contributed by atoms with Crippen LogP contribution in [0.25, 0.3) is 21.8 Å². The molecular weight excluding hydrogens is 763 g/mol. The van der Waals surface area contributed by atoms with Gasteiger partial charge in [0.25, 0.3) is 5.56 Å². The molecule has 0 aliphatic carbocycles. The SMILES string of the molecule is CC(C)CN(C(=O)Nc1ccc(F)c(Cl)c1)C(C)c1c[nH]c(=O)c2ccccc12.CNc1ncc(C(C)N(C)C(=O)Nc2ccc(F)c(Cl)c2)c2nccnc12. The van der Waals surface area contributed by atoms with Gasteiger partial charge in [0.2, 0.25) is 0 Å². The quantitative estimate of drug-likeness (QED) is 0.114. The molecule has 3 aromatic carbocycles. The first kappa shape index (κ1) is 41.3. The summed E-state index contributed by atoms with van der Waals surface area (Å²) in [5, 5.41) is 9.73. The highest BCUT2D eigenvalue weighted by atomic mass is 35.5. The molecule has 292 valence electrons. The Kier molecular flexibility index (Phi) is 13.4. The number of urea groups is 2. The summed E-state index contributed by atoms with van der Waals surface area (Å²) >= 11 is 11.6. The van der Waals surface area contributed by atoms with Crippen molar-refractivity contribution >= 4 is 74.3 Å². The maximum atomic E-state index is 13.4. The van der Waals surface area contributed by atoms with Gasteiger partial charge in [0, 0.05) is 67.8 Å². The molecule has 4 amide bonds. The van der Waals surface area contributed by atoms with Gasteiger partial charge < -0.3 is 30.7 Å². The van der Waals surface area contributed by atoms with Crippen molar-refractivity contribution in [2.24, 2.45) is 5.92 Å². The number of pyridine rings is 2. The van der Waals surface area contributed by atoms with Crippen molar-refractivity contribution in [3.8, 4) is 0 Å². The van der Waals surface area contributed by atoms with E-state index in [4.69, 9.17) is 23.2 Å². The number of H-pyrrole nitrogens is 1. The summed E-state index contributed by atoms with van der Waals surface area (Å²) < 4.78 is 26.7. The number of hydrogen-bond acceptors (Lipinski definition) is 7. The molecule has 0 fully saturated rings. The molecule has 0 saturated heterocycles. The summed E-state index contributed by atoms with van der Waals surface area (Å²) in [6, 6.07) is 14.0. The zero-order chi connectivity index (χ0) is 40.7. The first-order chi connectivity index (χ1) is 26.7. The number of hydrogen-bond donors (Lipinski definition) is 4. The summed E-state index contributed by atoms with van der Waals surface area (Å²) in [5.74, 6) is -0.259. The topological polar surface area (TPSA) is 148 Å². The van der Waals surface area contributed by atoms with Gasteiger partial charge in [0.05, 0.1) is 27.6 Å². The van der Waals surface area contributed by atoms with Gasteiger partial charge in [-0.25, -0.2) is 28.3 Å². The molecule has 2 atom stereocenters. The second-order valence-corrected chi connectivity index (χ2v) is 14.1. The maximum absolute atomic E-state index is 13.4. The molecule has 6 aromatic rings. The van der Waals surface area contributed by atoms with Crippen molar-refractivity contribution in [2.75, 3.05) is 36.6 Å². The van der Waals surface area contributed by atoms with Crippen LogP contribution < -0.4 is 21.5 Å². The lowest BCUT2D eigenvalue weighted by Gasteiger charge is -2.31. The molecule has 0 saturated carbocycles. The van der Waals surface area contributed by atoms with Crippen LogP contribution in [0.3, 0.4) is 0 Å². The van der Waals surface area contributed by atoms with E-state index in [2.05, 4.69) is 35.9 Å². The van der Waals surface area contributed by atoms with E-state index in [-0.39, 0.29) is 45.7 Å². The van der Waals surface area contributed by atoms with E-state index in [1.807, 2.05) is 45.9 Å². The van der Waals surface area contributed by atoms with Gasteiger partial charge in [-0.2, -0.15) is 0 Å². The molecule has 16 heteroatoms. The van der Waals surface area contributed by atoms with Crippen LogP contribution in [0, 0.1) is 17.6 Å². The Morgan fingerprint density at radius 3 is 1.93 bits per heavy atom. The van der Waals surface area contributed by atoms with E-state index in [9.17, 15) is 23.2 Å². The summed E-state index contributed by atoms with van der Waals surface area (Å²) in [4.78, 5) is 56.9. The molecule has 56 heavy (non-hydrogen) atoms. The lowest BCUT2D eigenvalue weighted by molar-refractivity contribution is 0.184. The van der Waals surface area contributed by atoms with Crippen molar-refractivity contribution < 1.29 is 18.4 Å². The molecule has 0 aliphatic rings. The highest BCUT2D eigenvalue weighted by molar-refractivity contribution is 6.31. The average Bonchev–Trinajstić information content (AvgIpc) is 3.19. The van der Waals surface area contributed by atoms with Gasteiger partial charge in [0.1, 0.15) is 17.2 Å². The van der Waals surface area contributed by atoms with Crippen LogP contribution in [-0.4, -0.2) is 62.4 Å². The lowest BCUT2D eigenvalue weighted by Crippen LogP contribution is -2.39. The van der Waals surface area contributed by atoms with Crippen molar-refractivity contribution in [2.45, 2.75) is 39.8 Å². The molecule has 12 nitrogen and oxygen atoms in total. The number of nitrogens with one attached hydrogen (secondary N) is 4. The van der Waals surface area contributed by atoms with Gasteiger partial charge in [-0.1, -0.05) is 55.2 Å². The number of carbonyl (C=O) groups is 2. The summed E-state index contributed by atoms with van der Waals surface area (Å²) in [6.45, 7) is 8.32. The Bertz CT molecular complexity index is 2430. The zero-order valence-corrected chi connectivity index (χ0v) is 33.0. The van der Waals surface area contributed by atoms with Gasteiger partial charge in [-0.3, -0.25) is 9.78 Å². The number of anilines is 3. The van der Waals surface area contributed by atoms with Gasteiger partial charge in [-0.05, 0) is 73.2 Å². The number of amides is 4. The van der Waals surface area contributed by atoms with Crippen molar-refractivity contribution in [1.29, 1.82) is 0 Å². The van der Waals surface area contributed by atoms with Gasteiger partial charge >= 0.3 is 12.1 Å². The molecule has 2 unspecified atom stereocenters. The third kappa shape index (κ3) is 9.50. The predicted octanol–water partition coefficient (Wildman–Crippen LogP) is 9.66. The minimum atomic E-state index is -0.545. The number of aromatic amines is 1. The second kappa shape index (κ2) is 18.2. The number of halogens is 4. The third-order valence-corrected chi connectivity index (χ3v) is 9.62. The smallest absolute Gasteiger partial charge is 0.322 e. The fraction of sp³-hybridized carbons (Fsp3) is 0.250. The van der Waals surface area contributed by atoms with Crippen LogP contribution in [0.15, 0.2) is 90.2 Å². The first-order valence-corrected chi connectivity index (χ1v) is 18.3. The highest BCUT2D eigenvalue weighted by Crippen LogP contribution is 2.30. The molecule has 0 aliphatic heterocycles. The largest absolute Gasteiger partial charge is 0.371 e. The number of rotatable bonds is 9. The number of nitrogens with zero attached hydrogens (tertiary/aromatic N) is 5. The van der Waals surface area contributed by atoms with E-state index in [0.29, 0.717) is 40.2 Å². The van der Waals surface area contributed by atoms with Crippen molar-refractivity contribution in [3.05, 3.63) is 129 Å². The molecule has 0 spiro atoms. The Balaban J connectivity index is 0.000000215. The fourth-order valence-corrected chi connectivity index (χ4v) is 6.32. The van der Waals surface area contributed by atoms with Crippen molar-refractivity contribution in [3.63, 3.8) is 0 Å². The predicted molar refractivity (Wildman–Crippen MR) is 218 cm³/mol. The Morgan fingerprint density at radius 1 is 0.786 bits per heavy atom. The molecule has 3 aromatic heterocycles. The Labute approximate surface area is 332 Å². The molecule has 0 radical (unpaired) electrons. The minimum absolute atomic E-state index is 0.0575. The molecule has 4 N–H and O–H groups in total. The number of aromatic nitrogens is 4. The van der Waals surface area contributed by atoms with E-state index in [1.54, 1.807) is 49.8 Å². The molecule has 3 heterocycles. The first-order valence-electron chi connectivity index (χ1n) is 17.6. The second-order valence-electron chi connectivity index (χ2n) is 13.3. The fourth-order valence-electron chi connectivity index (χ4n) is 5.96. The van der Waals surface area contributed by atoms with E-state index in [1.165, 1.54) is 41.3 Å². The number of carbonyl (C=O) groups excluding carboxylic acids is 2. The van der Waals surface area contributed by atoms with Crippen LogP contribution in [0.1, 0.15) is 50.9 Å². The molecular formula is C40H41Cl2F2N9O3. The van der Waals surface area contributed by atoms with Crippen LogP contribution in [0.5, 0.6) is 0 Å². The molecule has 0 bridgehead atoms. The monoisotopic (exact) mass is 803 g/mol. The third-order valence-electron chi connectivity index (χ3n) is 9.04. The van der Waals surface area contributed by atoms with E-state index in [0.717, 1.165) is 16.5 Å². The van der Waals surface area contributed by atoms with E-state index >= 15 is 0 Å². The van der Waals surface area contributed by atoms with Gasteiger partial charge in [0.15, 0.2) is 5.82 Å². The summed E-state index contributed by atoms with van der Waals surface area (Å²) in [6.07, 6.45) is 6.52. The Hall–Kier alpha value is -5.86. The highest BCUT2D eigenvalue weighted by Gasteiger charge is 2.25. The zero-order valence-electron chi connectivity index (χ0n) is 31.5. The van der Waals surface area contributed by atoms with Gasteiger partial charge in [-0.15, -0.1) is 0 Å². The number of fused-ring (bicyclic) bond motifs is 2. The van der Waals surface area contributed by atoms with Crippen LogP contribution in [0.4, 0.5) is 35.6 Å². The summed E-state index contributed by atoms with van der Waals surface area (Å²) in [5.41, 5.74) is 3.53. The minimum Gasteiger partial charge on any atom is -0.371 e. The van der Waals surface area contributed by atoms with E-state index < -0.39 is 11.6 Å². The van der Waals surface area contributed by atoms with Crippen LogP contribution in [0.2, 0.25) is 10.0 Å². The standard InChI is InChI=1S/C22H23ClFN3O2.C18H18ClFN6O/c1-13(2)12-27(22(29)26-15-8-9-20(24)19(23)10-15)14(3)18-11-25-21(28)17-7-5-4-6-16(17)18;1-10(12-9-24-17(21-2)16-15(12)22-6-7-23-16)26(3)18(27)25-11-4-5-14(20)13(19)8-11/h4-11,13-14H,12H2,1-3H3,(H,25,28)(H,26,29);4-10H,1-3H3,(H,21,24)(H,25,27). The Morgan fingerprint density at radius 2 is 1.36 bits per heavy atom. The average molecular weight is 805 g/mol. The lowest BCUT2D eigenvalue weighted by atomic mass is 10.0.